The Bertz CT molecular complexity index is 370. The second-order valence-corrected chi connectivity index (χ2v) is 6.33. The van der Waals surface area contributed by atoms with Crippen LogP contribution in [0.1, 0.15) is 64.0 Å². The molecular weight excluding hydrogens is 256 g/mol. The maximum Gasteiger partial charge on any atom is 0.0472 e. The van der Waals surface area contributed by atoms with Gasteiger partial charge in [-0.15, -0.1) is 0 Å². The van der Waals surface area contributed by atoms with E-state index in [1.54, 1.807) is 0 Å². The highest BCUT2D eigenvalue weighted by atomic mass is 15.2. The minimum atomic E-state index is 0.546. The Morgan fingerprint density at radius 2 is 1.81 bits per heavy atom. The zero-order valence-electron chi connectivity index (χ0n) is 13.9. The van der Waals surface area contributed by atoms with Gasteiger partial charge in [0.05, 0.1) is 0 Å². The second kappa shape index (κ2) is 9.22. The SMILES string of the molecule is CCCCC(CC)NCC(c1ccccc1)N1CCCC1. The molecule has 2 rings (SSSR count). The zero-order chi connectivity index (χ0) is 14.9. The van der Waals surface area contributed by atoms with Crippen LogP contribution in [0.15, 0.2) is 30.3 Å². The Hall–Kier alpha value is -0.860. The molecule has 0 amide bonds. The van der Waals surface area contributed by atoms with Gasteiger partial charge in [-0.05, 0) is 44.3 Å². The molecule has 21 heavy (non-hydrogen) atoms. The lowest BCUT2D eigenvalue weighted by molar-refractivity contribution is 0.230. The molecule has 1 aliphatic heterocycles. The second-order valence-electron chi connectivity index (χ2n) is 6.33. The summed E-state index contributed by atoms with van der Waals surface area (Å²) in [5.41, 5.74) is 1.47. The Morgan fingerprint density at radius 1 is 1.10 bits per heavy atom. The van der Waals surface area contributed by atoms with Gasteiger partial charge in [-0.1, -0.05) is 57.0 Å². The zero-order valence-corrected chi connectivity index (χ0v) is 13.9. The highest BCUT2D eigenvalue weighted by Gasteiger charge is 2.23. The van der Waals surface area contributed by atoms with Crippen molar-refractivity contribution >= 4 is 0 Å². The molecule has 2 nitrogen and oxygen atoms in total. The Labute approximate surface area is 130 Å². The van der Waals surface area contributed by atoms with Gasteiger partial charge in [-0.3, -0.25) is 4.90 Å². The minimum Gasteiger partial charge on any atom is -0.312 e. The molecule has 1 aromatic rings. The summed E-state index contributed by atoms with van der Waals surface area (Å²) < 4.78 is 0. The molecule has 2 heteroatoms. The van der Waals surface area contributed by atoms with Crippen molar-refractivity contribution in [3.63, 3.8) is 0 Å². The maximum atomic E-state index is 3.84. The number of nitrogens with one attached hydrogen (secondary N) is 1. The van der Waals surface area contributed by atoms with E-state index in [0.717, 1.165) is 6.54 Å². The normalized spacial score (nSPS) is 18.8. The Morgan fingerprint density at radius 3 is 2.43 bits per heavy atom. The van der Waals surface area contributed by atoms with E-state index in [4.69, 9.17) is 0 Å². The van der Waals surface area contributed by atoms with E-state index in [0.29, 0.717) is 12.1 Å². The summed E-state index contributed by atoms with van der Waals surface area (Å²) in [4.78, 5) is 2.66. The van der Waals surface area contributed by atoms with Crippen molar-refractivity contribution in [2.24, 2.45) is 0 Å². The number of rotatable bonds is 9. The standard InChI is InChI=1S/C19H32N2/c1-3-5-13-18(4-2)20-16-19(21-14-9-10-15-21)17-11-7-6-8-12-17/h6-8,11-12,18-20H,3-5,9-10,13-16H2,1-2H3. The van der Waals surface area contributed by atoms with Crippen LogP contribution in [0.2, 0.25) is 0 Å². The van der Waals surface area contributed by atoms with Crippen molar-refractivity contribution in [2.75, 3.05) is 19.6 Å². The quantitative estimate of drug-likeness (QED) is 0.725. The van der Waals surface area contributed by atoms with Crippen molar-refractivity contribution in [2.45, 2.75) is 64.5 Å². The van der Waals surface area contributed by atoms with E-state index in [9.17, 15) is 0 Å². The van der Waals surface area contributed by atoms with Crippen molar-refractivity contribution in [3.05, 3.63) is 35.9 Å². The summed E-state index contributed by atoms with van der Waals surface area (Å²) in [5.74, 6) is 0. The third-order valence-corrected chi connectivity index (χ3v) is 4.76. The van der Waals surface area contributed by atoms with Crippen LogP contribution in [-0.4, -0.2) is 30.6 Å². The van der Waals surface area contributed by atoms with Crippen LogP contribution >= 0.6 is 0 Å². The molecule has 0 aliphatic carbocycles. The first-order chi connectivity index (χ1) is 10.3. The van der Waals surface area contributed by atoms with Gasteiger partial charge >= 0.3 is 0 Å². The smallest absolute Gasteiger partial charge is 0.0472 e. The number of unbranched alkanes of at least 4 members (excludes halogenated alkanes) is 1. The topological polar surface area (TPSA) is 15.3 Å². The van der Waals surface area contributed by atoms with Crippen molar-refractivity contribution in [1.82, 2.24) is 10.2 Å². The molecule has 0 bridgehead atoms. The van der Waals surface area contributed by atoms with Gasteiger partial charge in [-0.25, -0.2) is 0 Å². The fraction of sp³-hybridized carbons (Fsp3) is 0.684. The number of hydrogen-bond donors (Lipinski definition) is 1. The average Bonchev–Trinajstić information content (AvgIpc) is 3.06. The molecule has 0 radical (unpaired) electrons. The molecule has 1 heterocycles. The highest BCUT2D eigenvalue weighted by molar-refractivity contribution is 5.19. The molecule has 0 aromatic heterocycles. The molecule has 0 spiro atoms. The van der Waals surface area contributed by atoms with E-state index in [1.807, 2.05) is 0 Å². The van der Waals surface area contributed by atoms with E-state index >= 15 is 0 Å². The number of benzene rings is 1. The Kier molecular flexibility index (Phi) is 7.25. The molecule has 2 unspecified atom stereocenters. The largest absolute Gasteiger partial charge is 0.312 e. The molecule has 1 saturated heterocycles. The maximum absolute atomic E-state index is 3.84. The fourth-order valence-electron chi connectivity index (χ4n) is 3.37. The summed E-state index contributed by atoms with van der Waals surface area (Å²) in [5, 5.41) is 3.84. The van der Waals surface area contributed by atoms with Gasteiger partial charge in [0, 0.05) is 18.6 Å². The third kappa shape index (κ3) is 5.12. The molecule has 0 saturated carbocycles. The minimum absolute atomic E-state index is 0.546. The highest BCUT2D eigenvalue weighted by Crippen LogP contribution is 2.24. The van der Waals surface area contributed by atoms with Crippen LogP contribution in [0.5, 0.6) is 0 Å². The van der Waals surface area contributed by atoms with Crippen LogP contribution in [0, 0.1) is 0 Å². The van der Waals surface area contributed by atoms with Crippen molar-refractivity contribution in [1.29, 1.82) is 0 Å². The third-order valence-electron chi connectivity index (χ3n) is 4.76. The van der Waals surface area contributed by atoms with E-state index < -0.39 is 0 Å². The number of nitrogens with zero attached hydrogens (tertiary/aromatic N) is 1. The van der Waals surface area contributed by atoms with Crippen LogP contribution in [-0.2, 0) is 0 Å². The van der Waals surface area contributed by atoms with Gasteiger partial charge in [0.2, 0.25) is 0 Å². The lowest BCUT2D eigenvalue weighted by atomic mass is 10.0. The molecule has 1 aromatic carbocycles. The van der Waals surface area contributed by atoms with Crippen LogP contribution in [0.4, 0.5) is 0 Å². The van der Waals surface area contributed by atoms with Crippen LogP contribution in [0.3, 0.4) is 0 Å². The van der Waals surface area contributed by atoms with Crippen molar-refractivity contribution in [3.8, 4) is 0 Å². The summed E-state index contributed by atoms with van der Waals surface area (Å²) >= 11 is 0. The molecule has 1 aliphatic rings. The van der Waals surface area contributed by atoms with E-state index in [-0.39, 0.29) is 0 Å². The van der Waals surface area contributed by atoms with Gasteiger partial charge in [-0.2, -0.15) is 0 Å². The van der Waals surface area contributed by atoms with Crippen LogP contribution < -0.4 is 5.32 Å². The molecular formula is C19H32N2. The summed E-state index contributed by atoms with van der Waals surface area (Å²) in [6.07, 6.45) is 7.90. The van der Waals surface area contributed by atoms with E-state index in [1.165, 1.54) is 57.2 Å². The van der Waals surface area contributed by atoms with E-state index in [2.05, 4.69) is 54.4 Å². The van der Waals surface area contributed by atoms with Gasteiger partial charge in [0.15, 0.2) is 0 Å². The molecule has 1 N–H and O–H groups in total. The lowest BCUT2D eigenvalue weighted by Crippen LogP contribution is -2.38. The lowest BCUT2D eigenvalue weighted by Gasteiger charge is -2.30. The van der Waals surface area contributed by atoms with Crippen LogP contribution in [0.25, 0.3) is 0 Å². The number of likely N-dealkylation sites (tertiary alicyclic amines) is 1. The first-order valence-electron chi connectivity index (χ1n) is 8.87. The fourth-order valence-corrected chi connectivity index (χ4v) is 3.37. The predicted octanol–water partition coefficient (Wildman–Crippen LogP) is 4.38. The summed E-state index contributed by atoms with van der Waals surface area (Å²) in [6.45, 7) is 8.19. The van der Waals surface area contributed by atoms with Gasteiger partial charge < -0.3 is 5.32 Å². The first-order valence-corrected chi connectivity index (χ1v) is 8.87. The monoisotopic (exact) mass is 288 g/mol. The van der Waals surface area contributed by atoms with Crippen molar-refractivity contribution < 1.29 is 0 Å². The summed E-state index contributed by atoms with van der Waals surface area (Å²) in [7, 11) is 0. The molecule has 118 valence electrons. The summed E-state index contributed by atoms with van der Waals surface area (Å²) in [6, 6.07) is 12.3. The van der Waals surface area contributed by atoms with Gasteiger partial charge in [0.25, 0.3) is 0 Å². The number of hydrogen-bond acceptors (Lipinski definition) is 2. The molecule has 1 fully saturated rings. The first kappa shape index (κ1) is 16.5. The molecule has 2 atom stereocenters. The van der Waals surface area contributed by atoms with Gasteiger partial charge in [0.1, 0.15) is 0 Å². The average molecular weight is 288 g/mol. The Balaban J connectivity index is 1.95. The predicted molar refractivity (Wildman–Crippen MR) is 91.6 cm³/mol.